The average Bonchev–Trinajstić information content (AvgIpc) is 3.41. The first kappa shape index (κ1) is 55.3. The van der Waals surface area contributed by atoms with E-state index in [1.807, 2.05) is 27.7 Å². The lowest BCUT2D eigenvalue weighted by atomic mass is 10.1. The van der Waals surface area contributed by atoms with Gasteiger partial charge in [0, 0.05) is 0 Å². The zero-order valence-electron chi connectivity index (χ0n) is 42.7. The van der Waals surface area contributed by atoms with E-state index in [0.717, 1.165) is 64.2 Å². The van der Waals surface area contributed by atoms with Gasteiger partial charge in [-0.2, -0.15) is 0 Å². The highest BCUT2D eigenvalue weighted by molar-refractivity contribution is 5.98. The Balaban J connectivity index is 0.931. The fourth-order valence-corrected chi connectivity index (χ4v) is 7.60. The van der Waals surface area contributed by atoms with E-state index in [1.165, 1.54) is 36.4 Å². The van der Waals surface area contributed by atoms with E-state index in [0.29, 0.717) is 85.6 Å². The molecule has 6 aromatic rings. The summed E-state index contributed by atoms with van der Waals surface area (Å²) in [4.78, 5) is 53.2. The Bertz CT molecular complexity index is 2490. The van der Waals surface area contributed by atoms with Gasteiger partial charge in [-0.05, 0) is 174 Å². The number of unbranched alkanes of at least 4 members (excludes halogenated alkanes) is 9. The van der Waals surface area contributed by atoms with Gasteiger partial charge < -0.3 is 47.4 Å². The van der Waals surface area contributed by atoms with Crippen molar-refractivity contribution in [2.75, 3.05) is 39.6 Å². The number of ether oxygens (including phenoxy) is 10. The van der Waals surface area contributed by atoms with Gasteiger partial charge >= 0.3 is 23.9 Å². The number of hydrogen-bond acceptors (Lipinski definition) is 14. The third-order valence-corrected chi connectivity index (χ3v) is 11.3. The van der Waals surface area contributed by atoms with E-state index in [1.54, 1.807) is 97.1 Å². The molecule has 0 bridgehead atoms. The molecule has 14 nitrogen and oxygen atoms in total. The van der Waals surface area contributed by atoms with Crippen molar-refractivity contribution in [3.05, 3.63) is 156 Å². The van der Waals surface area contributed by atoms with Crippen molar-refractivity contribution < 1.29 is 66.5 Å². The van der Waals surface area contributed by atoms with Crippen molar-refractivity contribution in [1.82, 2.24) is 0 Å². The molecule has 0 N–H and O–H groups in total. The first-order chi connectivity index (χ1) is 36.2. The summed E-state index contributed by atoms with van der Waals surface area (Å²) < 4.78 is 56.8. The third kappa shape index (κ3) is 17.9. The number of esters is 4. The Morgan fingerprint density at radius 1 is 0.284 bits per heavy atom. The van der Waals surface area contributed by atoms with Crippen LogP contribution >= 0.6 is 0 Å². The largest absolute Gasteiger partial charge is 0.494 e. The van der Waals surface area contributed by atoms with E-state index >= 15 is 0 Å². The minimum absolute atomic E-state index is 0.182. The van der Waals surface area contributed by atoms with E-state index in [2.05, 4.69) is 0 Å². The van der Waals surface area contributed by atoms with Gasteiger partial charge in [0.05, 0.1) is 50.8 Å². The number of hydrogen-bond donors (Lipinski definition) is 0. The molecule has 0 aliphatic carbocycles. The third-order valence-electron chi connectivity index (χ3n) is 11.3. The van der Waals surface area contributed by atoms with Crippen LogP contribution in [0.15, 0.2) is 133 Å². The topological polar surface area (TPSA) is 161 Å². The number of benzene rings is 6. The van der Waals surface area contributed by atoms with Crippen molar-refractivity contribution in [3.8, 4) is 57.5 Å². The molecular weight excluding hydrogens is 945 g/mol. The van der Waals surface area contributed by atoms with Gasteiger partial charge in [-0.25, -0.2) is 19.2 Å². The summed E-state index contributed by atoms with van der Waals surface area (Å²) in [6.07, 6.45) is 9.74. The van der Waals surface area contributed by atoms with E-state index in [-0.39, 0.29) is 33.8 Å². The number of carbonyl (C=O) groups is 4. The molecule has 0 saturated carbocycles. The predicted molar refractivity (Wildman–Crippen MR) is 280 cm³/mol. The molecule has 0 aliphatic heterocycles. The second kappa shape index (κ2) is 30.1. The van der Waals surface area contributed by atoms with Gasteiger partial charge in [0.15, 0.2) is 0 Å². The first-order valence-electron chi connectivity index (χ1n) is 25.5. The lowest BCUT2D eigenvalue weighted by Crippen LogP contribution is -2.14. The molecule has 6 aromatic carbocycles. The van der Waals surface area contributed by atoms with Gasteiger partial charge in [0.2, 0.25) is 0 Å². The molecule has 0 fully saturated rings. The normalized spacial score (nSPS) is 10.7. The van der Waals surface area contributed by atoms with Crippen LogP contribution in [0.25, 0.3) is 0 Å². The summed E-state index contributed by atoms with van der Waals surface area (Å²) in [5.74, 6) is 2.05. The quantitative estimate of drug-likeness (QED) is 0.0230. The lowest BCUT2D eigenvalue weighted by Gasteiger charge is -2.13. The summed E-state index contributed by atoms with van der Waals surface area (Å²) in [6.45, 7) is 10.3. The zero-order valence-corrected chi connectivity index (χ0v) is 42.7. The SMILES string of the molecule is CCOc1ccc(OC(=O)c2ccc(C(=O)Oc3ccc(OCC)cc3)c(OCCCCCCCCCCCCOc3cc(C(=O)Oc4ccc(OCC)cc4)ccc3C(=O)Oc3ccc(OCC)cc3)c2)cc1. The van der Waals surface area contributed by atoms with Crippen LogP contribution in [0.2, 0.25) is 0 Å². The summed E-state index contributed by atoms with van der Waals surface area (Å²) >= 11 is 0. The van der Waals surface area contributed by atoms with Crippen LogP contribution < -0.4 is 47.4 Å². The molecule has 0 spiro atoms. The first-order valence-corrected chi connectivity index (χ1v) is 25.5. The molecule has 0 saturated heterocycles. The smallest absolute Gasteiger partial charge is 0.347 e. The molecule has 0 radical (unpaired) electrons. The van der Waals surface area contributed by atoms with Gasteiger partial charge in [-0.3, -0.25) is 0 Å². The second-order valence-electron chi connectivity index (χ2n) is 16.8. The van der Waals surface area contributed by atoms with Crippen LogP contribution in [0.4, 0.5) is 0 Å². The van der Waals surface area contributed by atoms with Gasteiger partial charge in [-0.15, -0.1) is 0 Å². The van der Waals surface area contributed by atoms with Crippen LogP contribution in [0.1, 0.15) is 133 Å². The second-order valence-corrected chi connectivity index (χ2v) is 16.8. The maximum Gasteiger partial charge on any atom is 0.347 e. The number of rotatable bonds is 31. The molecule has 0 amide bonds. The van der Waals surface area contributed by atoms with E-state index in [4.69, 9.17) is 47.4 Å². The van der Waals surface area contributed by atoms with Crippen molar-refractivity contribution in [3.63, 3.8) is 0 Å². The van der Waals surface area contributed by atoms with Crippen molar-refractivity contribution >= 4 is 23.9 Å². The van der Waals surface area contributed by atoms with Gasteiger partial charge in [0.1, 0.15) is 68.6 Å². The van der Waals surface area contributed by atoms with Crippen LogP contribution in [0.5, 0.6) is 57.5 Å². The molecule has 0 unspecified atom stereocenters. The summed E-state index contributed by atoms with van der Waals surface area (Å²) in [7, 11) is 0. The monoisotopic (exact) mass is 1010 g/mol. The lowest BCUT2D eigenvalue weighted by molar-refractivity contribution is 0.0715. The molecule has 74 heavy (non-hydrogen) atoms. The van der Waals surface area contributed by atoms with Crippen molar-refractivity contribution in [2.45, 2.75) is 91.9 Å². The molecule has 6 rings (SSSR count). The van der Waals surface area contributed by atoms with Gasteiger partial charge in [0.25, 0.3) is 0 Å². The Morgan fingerprint density at radius 3 is 0.797 bits per heavy atom. The van der Waals surface area contributed by atoms with Crippen molar-refractivity contribution in [2.24, 2.45) is 0 Å². The summed E-state index contributed by atoms with van der Waals surface area (Å²) in [5.41, 5.74) is 0.803. The Morgan fingerprint density at radius 2 is 0.527 bits per heavy atom. The standard InChI is InChI=1S/C60H66O14/c1-5-65-45-21-29-49(30-22-45)71-57(61)43-19-37-53(59(63)73-51-33-25-47(26-34-51)67-7-3)55(41-43)69-39-17-15-13-11-9-10-12-14-16-18-40-70-56-42-44(58(62)72-50-31-23-46(24-32-50)66-6-2)20-38-54(56)60(64)74-52-35-27-48(28-36-52)68-8-4/h19-38,41-42H,5-18,39-40H2,1-4H3. The van der Waals surface area contributed by atoms with Crippen LogP contribution in [0, 0.1) is 0 Å². The molecule has 0 aliphatic rings. The molecule has 0 heterocycles. The predicted octanol–water partition coefficient (Wildman–Crippen LogP) is 13.5. The Kier molecular flexibility index (Phi) is 22.5. The average molecular weight is 1010 g/mol. The van der Waals surface area contributed by atoms with Gasteiger partial charge in [-0.1, -0.05) is 51.4 Å². The fourth-order valence-electron chi connectivity index (χ4n) is 7.60. The highest BCUT2D eigenvalue weighted by Gasteiger charge is 2.21. The van der Waals surface area contributed by atoms with Crippen LogP contribution in [-0.4, -0.2) is 63.5 Å². The zero-order chi connectivity index (χ0) is 52.3. The summed E-state index contributed by atoms with van der Waals surface area (Å²) in [5, 5.41) is 0. The molecule has 390 valence electrons. The fraction of sp³-hybridized carbons (Fsp3) is 0.333. The Labute approximate surface area is 433 Å². The molecule has 14 heteroatoms. The summed E-state index contributed by atoms with van der Waals surface area (Å²) in [6, 6.07) is 36.1. The number of carbonyl (C=O) groups excluding carboxylic acids is 4. The minimum atomic E-state index is -0.624. The molecule has 0 aromatic heterocycles. The Hall–Kier alpha value is -8.00. The van der Waals surface area contributed by atoms with Crippen LogP contribution in [-0.2, 0) is 0 Å². The molecule has 0 atom stereocenters. The highest BCUT2D eigenvalue weighted by atomic mass is 16.6. The maximum absolute atomic E-state index is 13.4. The maximum atomic E-state index is 13.4. The molecular formula is C60H66O14. The van der Waals surface area contributed by atoms with Crippen molar-refractivity contribution in [1.29, 1.82) is 0 Å². The minimum Gasteiger partial charge on any atom is -0.494 e. The van der Waals surface area contributed by atoms with Crippen LogP contribution in [0.3, 0.4) is 0 Å². The van der Waals surface area contributed by atoms with E-state index in [9.17, 15) is 19.2 Å². The van der Waals surface area contributed by atoms with E-state index < -0.39 is 23.9 Å². The highest BCUT2D eigenvalue weighted by Crippen LogP contribution is 2.29.